The van der Waals surface area contributed by atoms with Crippen molar-refractivity contribution in [3.8, 4) is 0 Å². The maximum absolute atomic E-state index is 12.9. The van der Waals surface area contributed by atoms with Gasteiger partial charge in [0.05, 0.1) is 13.2 Å². The fourth-order valence-corrected chi connectivity index (χ4v) is 3.12. The van der Waals surface area contributed by atoms with Gasteiger partial charge in [-0.3, -0.25) is 9.59 Å². The molecule has 0 radical (unpaired) electrons. The van der Waals surface area contributed by atoms with Crippen LogP contribution in [0.25, 0.3) is 5.65 Å². The fourth-order valence-electron chi connectivity index (χ4n) is 3.12. The van der Waals surface area contributed by atoms with Crippen LogP contribution >= 0.6 is 0 Å². The molecule has 0 aliphatic carbocycles. The van der Waals surface area contributed by atoms with Crippen molar-refractivity contribution < 1.29 is 9.53 Å². The Morgan fingerprint density at radius 3 is 2.92 bits per heavy atom. The number of amides is 1. The van der Waals surface area contributed by atoms with Crippen LogP contribution < -0.4 is 5.56 Å². The molecular weight excluding hydrogens is 334 g/mol. The number of imidazole rings is 1. The summed E-state index contributed by atoms with van der Waals surface area (Å²) in [7, 11) is 0. The molecule has 3 aromatic heterocycles. The van der Waals surface area contributed by atoms with E-state index < -0.39 is 6.10 Å². The molecule has 8 heteroatoms. The van der Waals surface area contributed by atoms with Gasteiger partial charge in [0, 0.05) is 30.7 Å². The summed E-state index contributed by atoms with van der Waals surface area (Å²) in [6.07, 6.45) is 3.21. The number of hydrogen-bond acceptors (Lipinski definition) is 5. The first-order valence-corrected chi connectivity index (χ1v) is 8.44. The second-order valence-corrected chi connectivity index (χ2v) is 6.48. The lowest BCUT2D eigenvalue weighted by Gasteiger charge is -2.32. The number of rotatable bonds is 2. The Morgan fingerprint density at radius 2 is 2.12 bits per heavy atom. The van der Waals surface area contributed by atoms with Crippen molar-refractivity contribution in [1.82, 2.24) is 24.3 Å². The van der Waals surface area contributed by atoms with Gasteiger partial charge in [0.1, 0.15) is 23.3 Å². The SMILES string of the molecule is Cc1ccc2nc(C(=O)N3CCOC(c4nc(C)cc(=O)[nH]4)C3)cn2c1. The maximum Gasteiger partial charge on any atom is 0.274 e. The highest BCUT2D eigenvalue weighted by atomic mass is 16.5. The summed E-state index contributed by atoms with van der Waals surface area (Å²) < 4.78 is 7.56. The average Bonchev–Trinajstić information content (AvgIpc) is 3.03. The van der Waals surface area contributed by atoms with Crippen LogP contribution in [0.5, 0.6) is 0 Å². The van der Waals surface area contributed by atoms with E-state index in [0.717, 1.165) is 11.2 Å². The second kappa shape index (κ2) is 6.38. The fraction of sp³-hybridized carbons (Fsp3) is 0.333. The molecule has 3 aromatic rings. The van der Waals surface area contributed by atoms with Gasteiger partial charge in [0.25, 0.3) is 11.5 Å². The number of ether oxygens (including phenoxy) is 1. The molecule has 26 heavy (non-hydrogen) atoms. The summed E-state index contributed by atoms with van der Waals surface area (Å²) in [6, 6.07) is 5.27. The molecule has 1 fully saturated rings. The lowest BCUT2D eigenvalue weighted by atomic mass is 10.2. The topological polar surface area (TPSA) is 92.6 Å². The van der Waals surface area contributed by atoms with Crippen molar-refractivity contribution in [1.29, 1.82) is 0 Å². The molecule has 1 saturated heterocycles. The Hall–Kier alpha value is -3.00. The summed E-state index contributed by atoms with van der Waals surface area (Å²) in [5, 5.41) is 0. The number of carbonyl (C=O) groups excluding carboxylic acids is 1. The number of H-pyrrole nitrogens is 1. The summed E-state index contributed by atoms with van der Waals surface area (Å²) in [5.41, 5.74) is 2.60. The minimum Gasteiger partial charge on any atom is -0.367 e. The van der Waals surface area contributed by atoms with E-state index in [9.17, 15) is 9.59 Å². The van der Waals surface area contributed by atoms with Gasteiger partial charge >= 0.3 is 0 Å². The Morgan fingerprint density at radius 1 is 1.27 bits per heavy atom. The van der Waals surface area contributed by atoms with Gasteiger partial charge in [0.15, 0.2) is 0 Å². The lowest BCUT2D eigenvalue weighted by Crippen LogP contribution is -2.43. The molecule has 0 spiro atoms. The molecule has 1 amide bonds. The molecule has 1 aliphatic heterocycles. The molecule has 134 valence electrons. The van der Waals surface area contributed by atoms with Crippen molar-refractivity contribution in [2.24, 2.45) is 0 Å². The van der Waals surface area contributed by atoms with E-state index in [1.165, 1.54) is 6.07 Å². The number of fused-ring (bicyclic) bond motifs is 1. The number of carbonyl (C=O) groups is 1. The molecule has 4 rings (SSSR count). The minimum atomic E-state index is -0.459. The van der Waals surface area contributed by atoms with Crippen LogP contribution in [-0.4, -0.2) is 49.9 Å². The standard InChI is InChI=1S/C18H19N5O3/c1-11-3-4-15-20-13(9-23(15)8-11)18(25)22-5-6-26-14(10-22)17-19-12(2)7-16(24)21-17/h3-4,7-9,14H,5-6,10H2,1-2H3,(H,19,21,24). The quantitative estimate of drug-likeness (QED) is 0.748. The first-order valence-electron chi connectivity index (χ1n) is 8.44. The molecule has 4 heterocycles. The molecule has 8 nitrogen and oxygen atoms in total. The van der Waals surface area contributed by atoms with E-state index in [4.69, 9.17) is 4.74 Å². The van der Waals surface area contributed by atoms with Crippen molar-refractivity contribution >= 4 is 11.6 Å². The van der Waals surface area contributed by atoms with Gasteiger partial charge in [-0.1, -0.05) is 6.07 Å². The van der Waals surface area contributed by atoms with Gasteiger partial charge in [-0.2, -0.15) is 0 Å². The summed E-state index contributed by atoms with van der Waals surface area (Å²) in [5.74, 6) is 0.285. The van der Waals surface area contributed by atoms with Crippen LogP contribution in [0, 0.1) is 13.8 Å². The molecule has 0 saturated carbocycles. The van der Waals surface area contributed by atoms with Gasteiger partial charge < -0.3 is 19.0 Å². The maximum atomic E-state index is 12.9. The van der Waals surface area contributed by atoms with E-state index >= 15 is 0 Å². The van der Waals surface area contributed by atoms with E-state index in [2.05, 4.69) is 15.0 Å². The number of aromatic amines is 1. The highest BCUT2D eigenvalue weighted by Crippen LogP contribution is 2.20. The first kappa shape index (κ1) is 16.5. The van der Waals surface area contributed by atoms with E-state index in [1.807, 2.05) is 29.7 Å². The van der Waals surface area contributed by atoms with Crippen molar-refractivity contribution in [2.45, 2.75) is 20.0 Å². The number of nitrogens with one attached hydrogen (secondary N) is 1. The Kier molecular flexibility index (Phi) is 4.04. The van der Waals surface area contributed by atoms with E-state index in [-0.39, 0.29) is 11.5 Å². The predicted octanol–water partition coefficient (Wildman–Crippen LogP) is 1.25. The molecule has 1 N–H and O–H groups in total. The summed E-state index contributed by atoms with van der Waals surface area (Å²) >= 11 is 0. The smallest absolute Gasteiger partial charge is 0.274 e. The minimum absolute atomic E-state index is 0.158. The zero-order valence-electron chi connectivity index (χ0n) is 14.6. The largest absolute Gasteiger partial charge is 0.367 e. The second-order valence-electron chi connectivity index (χ2n) is 6.48. The molecule has 0 bridgehead atoms. The number of aryl methyl sites for hydroxylation is 2. The predicted molar refractivity (Wildman–Crippen MR) is 94.1 cm³/mol. The monoisotopic (exact) mass is 353 g/mol. The molecule has 1 aliphatic rings. The third-order valence-corrected chi connectivity index (χ3v) is 4.36. The number of morpholine rings is 1. The van der Waals surface area contributed by atoms with Gasteiger partial charge in [-0.15, -0.1) is 0 Å². The molecule has 0 aromatic carbocycles. The zero-order valence-corrected chi connectivity index (χ0v) is 14.6. The lowest BCUT2D eigenvalue weighted by molar-refractivity contribution is -0.0271. The van der Waals surface area contributed by atoms with Gasteiger partial charge in [0.2, 0.25) is 0 Å². The third kappa shape index (κ3) is 3.11. The summed E-state index contributed by atoms with van der Waals surface area (Å²) in [4.78, 5) is 37.7. The van der Waals surface area contributed by atoms with Crippen LogP contribution in [0.3, 0.4) is 0 Å². The zero-order chi connectivity index (χ0) is 18.3. The number of nitrogens with zero attached hydrogens (tertiary/aromatic N) is 4. The number of aromatic nitrogens is 4. The normalized spacial score (nSPS) is 17.6. The average molecular weight is 353 g/mol. The molecule has 1 unspecified atom stereocenters. The number of pyridine rings is 1. The molecular formula is C18H19N5O3. The number of hydrogen-bond donors (Lipinski definition) is 1. The van der Waals surface area contributed by atoms with Crippen molar-refractivity contribution in [2.75, 3.05) is 19.7 Å². The van der Waals surface area contributed by atoms with Crippen LogP contribution in [0.1, 0.15) is 33.7 Å². The molecule has 1 atom stereocenters. The van der Waals surface area contributed by atoms with Crippen LogP contribution in [0.15, 0.2) is 35.4 Å². The Labute approximate surface area is 149 Å². The van der Waals surface area contributed by atoms with Crippen molar-refractivity contribution in [3.63, 3.8) is 0 Å². The van der Waals surface area contributed by atoms with E-state index in [1.54, 1.807) is 18.0 Å². The Balaban J connectivity index is 1.58. The summed E-state index contributed by atoms with van der Waals surface area (Å²) in [6.45, 7) is 4.91. The first-order chi connectivity index (χ1) is 12.5. The van der Waals surface area contributed by atoms with Crippen molar-refractivity contribution in [3.05, 3.63) is 63.7 Å². The van der Waals surface area contributed by atoms with Gasteiger partial charge in [-0.05, 0) is 25.5 Å². The van der Waals surface area contributed by atoms with Crippen LogP contribution in [0.2, 0.25) is 0 Å². The van der Waals surface area contributed by atoms with Gasteiger partial charge in [-0.25, -0.2) is 9.97 Å². The Bertz CT molecular complexity index is 1040. The highest BCUT2D eigenvalue weighted by molar-refractivity contribution is 5.93. The van der Waals surface area contributed by atoms with Crippen LogP contribution in [-0.2, 0) is 4.74 Å². The van der Waals surface area contributed by atoms with E-state index in [0.29, 0.717) is 36.9 Å². The van der Waals surface area contributed by atoms with Crippen LogP contribution in [0.4, 0.5) is 0 Å². The highest BCUT2D eigenvalue weighted by Gasteiger charge is 2.29. The third-order valence-electron chi connectivity index (χ3n) is 4.36.